The third-order valence-electron chi connectivity index (χ3n) is 3.21. The molecule has 0 aliphatic rings. The lowest BCUT2D eigenvalue weighted by Crippen LogP contribution is -2.47. The number of nitrogens with one attached hydrogen (secondary N) is 3. The summed E-state index contributed by atoms with van der Waals surface area (Å²) in [5.41, 5.74) is 7.37. The summed E-state index contributed by atoms with van der Waals surface area (Å²) in [6.45, 7) is 0.600. The number of hydrogen-bond acceptors (Lipinski definition) is 5. The van der Waals surface area contributed by atoms with E-state index in [1.54, 1.807) is 11.3 Å². The number of hydrazine groups is 1. The smallest absolute Gasteiger partial charge is 0.248 e. The SMILES string of the molecule is O=C(CSc1nc2ccccc2s1)NNC(=S)NCc1ccccc1. The van der Waals surface area contributed by atoms with Crippen LogP contribution < -0.4 is 16.2 Å². The topological polar surface area (TPSA) is 66.0 Å². The van der Waals surface area contributed by atoms with Crippen molar-refractivity contribution in [2.45, 2.75) is 10.9 Å². The molecule has 1 amide bonds. The minimum absolute atomic E-state index is 0.159. The number of nitrogens with zero attached hydrogens (tertiary/aromatic N) is 1. The third-order valence-corrected chi connectivity index (χ3v) is 5.64. The molecule has 0 unspecified atom stereocenters. The number of benzene rings is 2. The Labute approximate surface area is 159 Å². The van der Waals surface area contributed by atoms with Crippen LogP contribution in [0.1, 0.15) is 5.56 Å². The minimum atomic E-state index is -0.159. The number of aromatic nitrogens is 1. The molecule has 1 aromatic heterocycles. The van der Waals surface area contributed by atoms with Crippen molar-refractivity contribution in [2.75, 3.05) is 5.75 Å². The number of para-hydroxylation sites is 1. The number of thioether (sulfide) groups is 1. The fraction of sp³-hybridized carbons (Fsp3) is 0.118. The Morgan fingerprint density at radius 2 is 1.84 bits per heavy atom. The van der Waals surface area contributed by atoms with Crippen molar-refractivity contribution in [3.8, 4) is 0 Å². The number of fused-ring (bicyclic) bond motifs is 1. The Morgan fingerprint density at radius 3 is 2.64 bits per heavy atom. The maximum atomic E-state index is 11.9. The van der Waals surface area contributed by atoms with Gasteiger partial charge in [-0.25, -0.2) is 4.98 Å². The van der Waals surface area contributed by atoms with Gasteiger partial charge in [0, 0.05) is 6.54 Å². The van der Waals surface area contributed by atoms with Crippen molar-refractivity contribution >= 4 is 56.6 Å². The van der Waals surface area contributed by atoms with E-state index >= 15 is 0 Å². The van der Waals surface area contributed by atoms with Crippen molar-refractivity contribution in [3.05, 3.63) is 60.2 Å². The number of hydrogen-bond donors (Lipinski definition) is 3. The Kier molecular flexibility index (Phi) is 6.21. The van der Waals surface area contributed by atoms with E-state index in [9.17, 15) is 4.79 Å². The zero-order valence-corrected chi connectivity index (χ0v) is 15.6. The van der Waals surface area contributed by atoms with Gasteiger partial charge in [-0.3, -0.25) is 15.6 Å². The Bertz CT molecular complexity index is 833. The van der Waals surface area contributed by atoms with E-state index in [0.29, 0.717) is 11.7 Å². The molecule has 3 rings (SSSR count). The van der Waals surface area contributed by atoms with Crippen LogP contribution in [-0.4, -0.2) is 21.8 Å². The molecule has 0 atom stereocenters. The quantitative estimate of drug-likeness (QED) is 0.355. The van der Waals surface area contributed by atoms with E-state index in [2.05, 4.69) is 21.2 Å². The van der Waals surface area contributed by atoms with Gasteiger partial charge >= 0.3 is 0 Å². The van der Waals surface area contributed by atoms with E-state index in [1.807, 2.05) is 54.6 Å². The molecule has 3 aromatic rings. The third kappa shape index (κ3) is 5.42. The van der Waals surface area contributed by atoms with E-state index in [1.165, 1.54) is 11.8 Å². The zero-order chi connectivity index (χ0) is 17.5. The van der Waals surface area contributed by atoms with Gasteiger partial charge < -0.3 is 5.32 Å². The van der Waals surface area contributed by atoms with Crippen molar-refractivity contribution in [3.63, 3.8) is 0 Å². The molecule has 0 aliphatic carbocycles. The van der Waals surface area contributed by atoms with E-state index in [-0.39, 0.29) is 11.7 Å². The number of thiocarbonyl (C=S) groups is 1. The lowest BCUT2D eigenvalue weighted by molar-refractivity contribution is -0.119. The lowest BCUT2D eigenvalue weighted by atomic mass is 10.2. The average Bonchev–Trinajstić information content (AvgIpc) is 3.07. The second kappa shape index (κ2) is 8.80. The lowest BCUT2D eigenvalue weighted by Gasteiger charge is -2.11. The first kappa shape index (κ1) is 17.7. The number of rotatable bonds is 5. The molecule has 0 aliphatic heterocycles. The first-order valence-corrected chi connectivity index (χ1v) is 9.77. The summed E-state index contributed by atoms with van der Waals surface area (Å²) in [5, 5.41) is 3.41. The summed E-state index contributed by atoms with van der Waals surface area (Å²) >= 11 is 8.13. The van der Waals surface area contributed by atoms with Gasteiger partial charge in [-0.2, -0.15) is 0 Å². The highest BCUT2D eigenvalue weighted by Crippen LogP contribution is 2.28. The summed E-state index contributed by atoms with van der Waals surface area (Å²) in [6.07, 6.45) is 0. The van der Waals surface area contributed by atoms with Gasteiger partial charge in [0.2, 0.25) is 5.91 Å². The molecule has 0 spiro atoms. The van der Waals surface area contributed by atoms with Gasteiger partial charge in [-0.05, 0) is 29.9 Å². The van der Waals surface area contributed by atoms with Crippen LogP contribution in [0.5, 0.6) is 0 Å². The second-order valence-electron chi connectivity index (χ2n) is 5.08. The molecular weight excluding hydrogens is 372 g/mol. The predicted octanol–water partition coefficient (Wildman–Crippen LogP) is 3.08. The van der Waals surface area contributed by atoms with Gasteiger partial charge in [0.1, 0.15) is 0 Å². The Hall–Kier alpha value is -2.16. The largest absolute Gasteiger partial charge is 0.357 e. The normalized spacial score (nSPS) is 10.4. The van der Waals surface area contributed by atoms with Crippen LogP contribution in [0.15, 0.2) is 58.9 Å². The van der Waals surface area contributed by atoms with Crippen molar-refractivity contribution in [1.29, 1.82) is 0 Å². The predicted molar refractivity (Wildman–Crippen MR) is 108 cm³/mol. The maximum absolute atomic E-state index is 11.9. The zero-order valence-electron chi connectivity index (χ0n) is 13.2. The first-order chi connectivity index (χ1) is 12.2. The first-order valence-electron chi connectivity index (χ1n) is 7.56. The molecule has 25 heavy (non-hydrogen) atoms. The molecular formula is C17H16N4OS3. The van der Waals surface area contributed by atoms with Gasteiger partial charge in [0.05, 0.1) is 16.0 Å². The fourth-order valence-corrected chi connectivity index (χ4v) is 4.02. The fourth-order valence-electron chi connectivity index (χ4n) is 2.03. The van der Waals surface area contributed by atoms with Crippen molar-refractivity contribution in [1.82, 2.24) is 21.2 Å². The molecule has 8 heteroatoms. The van der Waals surface area contributed by atoms with Crippen LogP contribution in [0.3, 0.4) is 0 Å². The number of thiazole rings is 1. The molecule has 0 fully saturated rings. The van der Waals surface area contributed by atoms with Crippen LogP contribution >= 0.6 is 35.3 Å². The molecule has 3 N–H and O–H groups in total. The summed E-state index contributed by atoms with van der Waals surface area (Å²) in [7, 11) is 0. The average molecular weight is 389 g/mol. The van der Waals surface area contributed by atoms with Crippen LogP contribution in [0, 0.1) is 0 Å². The van der Waals surface area contributed by atoms with Crippen LogP contribution in [0.4, 0.5) is 0 Å². The van der Waals surface area contributed by atoms with Gasteiger partial charge in [0.15, 0.2) is 9.45 Å². The highest BCUT2D eigenvalue weighted by molar-refractivity contribution is 8.01. The Balaban J connectivity index is 1.38. The van der Waals surface area contributed by atoms with Crippen LogP contribution in [0.25, 0.3) is 10.2 Å². The Morgan fingerprint density at radius 1 is 1.08 bits per heavy atom. The highest BCUT2D eigenvalue weighted by Gasteiger charge is 2.07. The summed E-state index contributed by atoms with van der Waals surface area (Å²) in [5.74, 6) is 0.113. The molecule has 1 heterocycles. The monoisotopic (exact) mass is 388 g/mol. The van der Waals surface area contributed by atoms with Gasteiger partial charge in [-0.1, -0.05) is 54.2 Å². The van der Waals surface area contributed by atoms with Crippen molar-refractivity contribution < 1.29 is 4.79 Å². The molecule has 0 saturated carbocycles. The summed E-state index contributed by atoms with van der Waals surface area (Å²) in [4.78, 5) is 16.4. The van der Waals surface area contributed by atoms with E-state index in [0.717, 1.165) is 20.1 Å². The number of amides is 1. The van der Waals surface area contributed by atoms with Crippen molar-refractivity contribution in [2.24, 2.45) is 0 Å². The van der Waals surface area contributed by atoms with E-state index < -0.39 is 0 Å². The standard InChI is InChI=1S/C17H16N4OS3/c22-15(11-24-17-19-13-8-4-5-9-14(13)25-17)20-21-16(23)18-10-12-6-2-1-3-7-12/h1-9H,10-11H2,(H,20,22)(H2,18,21,23). The number of carbonyl (C=O) groups excluding carboxylic acids is 1. The van der Waals surface area contributed by atoms with E-state index in [4.69, 9.17) is 12.2 Å². The minimum Gasteiger partial charge on any atom is -0.357 e. The second-order valence-corrected chi connectivity index (χ2v) is 7.74. The highest BCUT2D eigenvalue weighted by atomic mass is 32.2. The van der Waals surface area contributed by atoms with Crippen LogP contribution in [0.2, 0.25) is 0 Å². The number of carbonyl (C=O) groups is 1. The molecule has 128 valence electrons. The molecule has 2 aromatic carbocycles. The summed E-state index contributed by atoms with van der Waals surface area (Å²) in [6, 6.07) is 17.8. The summed E-state index contributed by atoms with van der Waals surface area (Å²) < 4.78 is 2.00. The molecule has 0 radical (unpaired) electrons. The van der Waals surface area contributed by atoms with Gasteiger partial charge in [-0.15, -0.1) is 11.3 Å². The molecule has 5 nitrogen and oxygen atoms in total. The molecule has 0 saturated heterocycles. The molecule has 0 bridgehead atoms. The maximum Gasteiger partial charge on any atom is 0.248 e. The van der Waals surface area contributed by atoms with Gasteiger partial charge in [0.25, 0.3) is 0 Å². The van der Waals surface area contributed by atoms with Crippen LogP contribution in [-0.2, 0) is 11.3 Å².